The van der Waals surface area contributed by atoms with Crippen molar-refractivity contribution in [3.8, 4) is 5.75 Å². The van der Waals surface area contributed by atoms with E-state index in [4.69, 9.17) is 16.3 Å². The van der Waals surface area contributed by atoms with Gasteiger partial charge in [-0.25, -0.2) is 0 Å². The summed E-state index contributed by atoms with van der Waals surface area (Å²) in [5.41, 5.74) is 2.24. The van der Waals surface area contributed by atoms with E-state index in [1.165, 1.54) is 11.0 Å². The van der Waals surface area contributed by atoms with Crippen LogP contribution in [0.15, 0.2) is 36.4 Å². The highest BCUT2D eigenvalue weighted by Gasteiger charge is 2.27. The fourth-order valence-electron chi connectivity index (χ4n) is 2.53. The molecule has 0 radical (unpaired) electrons. The molecule has 1 heterocycles. The summed E-state index contributed by atoms with van der Waals surface area (Å²) >= 11 is 5.95. The highest BCUT2D eigenvalue weighted by molar-refractivity contribution is 6.31. The topological polar surface area (TPSA) is 75.7 Å². The summed E-state index contributed by atoms with van der Waals surface area (Å²) in [5.74, 6) is -0.270. The van der Waals surface area contributed by atoms with E-state index in [-0.39, 0.29) is 25.0 Å². The lowest BCUT2D eigenvalue weighted by Gasteiger charge is -2.29. The van der Waals surface area contributed by atoms with Gasteiger partial charge in [-0.2, -0.15) is 0 Å². The number of hydrogen-bond acceptors (Lipinski definition) is 4. The molecule has 6 nitrogen and oxygen atoms in total. The molecule has 0 saturated carbocycles. The molecule has 0 aliphatic carbocycles. The van der Waals surface area contributed by atoms with Gasteiger partial charge in [0.15, 0.2) is 6.61 Å². The first-order valence-electron chi connectivity index (χ1n) is 7.56. The molecule has 0 bridgehead atoms. The lowest BCUT2D eigenvalue weighted by Crippen LogP contribution is -2.43. The highest BCUT2D eigenvalue weighted by Crippen LogP contribution is 2.32. The summed E-state index contributed by atoms with van der Waals surface area (Å²) in [6, 6.07) is 9.90. The van der Waals surface area contributed by atoms with Gasteiger partial charge in [-0.05, 0) is 42.8 Å². The van der Waals surface area contributed by atoms with Crippen LogP contribution in [0.25, 0.3) is 0 Å². The maximum Gasteiger partial charge on any atom is 0.265 e. The molecule has 0 aromatic heterocycles. The van der Waals surface area contributed by atoms with Gasteiger partial charge in [-0.1, -0.05) is 17.7 Å². The van der Waals surface area contributed by atoms with Crippen molar-refractivity contribution in [2.75, 3.05) is 23.4 Å². The predicted molar refractivity (Wildman–Crippen MR) is 94.5 cm³/mol. The zero-order valence-electron chi connectivity index (χ0n) is 13.4. The molecular formula is C18H15ClN2O4. The third kappa shape index (κ3) is 3.64. The summed E-state index contributed by atoms with van der Waals surface area (Å²) in [5, 5.41) is 3.25. The number of fused-ring (bicyclic) bond motifs is 1. The van der Waals surface area contributed by atoms with E-state index < -0.39 is 0 Å². The van der Waals surface area contributed by atoms with Gasteiger partial charge in [0.25, 0.3) is 5.91 Å². The van der Waals surface area contributed by atoms with Gasteiger partial charge in [-0.3, -0.25) is 19.3 Å². The van der Waals surface area contributed by atoms with E-state index in [0.29, 0.717) is 34.0 Å². The minimum atomic E-state index is -0.372. The quantitative estimate of drug-likeness (QED) is 0.853. The van der Waals surface area contributed by atoms with Crippen molar-refractivity contribution in [2.24, 2.45) is 0 Å². The molecule has 128 valence electrons. The maximum atomic E-state index is 12.4. The number of amides is 2. The Morgan fingerprint density at radius 1 is 1.32 bits per heavy atom. The van der Waals surface area contributed by atoms with Crippen LogP contribution in [0.4, 0.5) is 11.4 Å². The summed E-state index contributed by atoms with van der Waals surface area (Å²) in [7, 11) is 0. The van der Waals surface area contributed by atoms with E-state index in [1.54, 1.807) is 30.3 Å². The average Bonchev–Trinajstić information content (AvgIpc) is 2.60. The summed E-state index contributed by atoms with van der Waals surface area (Å²) in [4.78, 5) is 36.9. The van der Waals surface area contributed by atoms with Crippen LogP contribution in [0.2, 0.25) is 5.02 Å². The van der Waals surface area contributed by atoms with Gasteiger partial charge in [-0.15, -0.1) is 0 Å². The highest BCUT2D eigenvalue weighted by atomic mass is 35.5. The number of hydrogen-bond donors (Lipinski definition) is 1. The smallest absolute Gasteiger partial charge is 0.265 e. The van der Waals surface area contributed by atoms with E-state index in [1.807, 2.05) is 6.92 Å². The first-order valence-corrected chi connectivity index (χ1v) is 7.94. The van der Waals surface area contributed by atoms with Gasteiger partial charge in [0.1, 0.15) is 18.6 Å². The van der Waals surface area contributed by atoms with Crippen LogP contribution in [0.3, 0.4) is 0 Å². The average molecular weight is 359 g/mol. The van der Waals surface area contributed by atoms with Crippen LogP contribution in [0.5, 0.6) is 5.75 Å². The number of benzene rings is 2. The number of halogens is 1. The number of ether oxygens (including phenoxy) is 1. The van der Waals surface area contributed by atoms with Crippen LogP contribution in [-0.2, 0) is 9.59 Å². The van der Waals surface area contributed by atoms with E-state index in [9.17, 15) is 14.4 Å². The largest absolute Gasteiger partial charge is 0.482 e. The Balaban J connectivity index is 1.82. The molecule has 0 saturated heterocycles. The molecule has 2 aromatic rings. The van der Waals surface area contributed by atoms with Crippen molar-refractivity contribution in [3.05, 3.63) is 52.5 Å². The fourth-order valence-corrected chi connectivity index (χ4v) is 2.70. The minimum Gasteiger partial charge on any atom is -0.482 e. The molecule has 3 rings (SSSR count). The molecule has 2 amide bonds. The molecule has 0 fully saturated rings. The third-order valence-corrected chi connectivity index (χ3v) is 4.07. The van der Waals surface area contributed by atoms with E-state index in [2.05, 4.69) is 5.32 Å². The predicted octanol–water partition coefficient (Wildman–Crippen LogP) is 2.83. The summed E-state index contributed by atoms with van der Waals surface area (Å²) in [6.07, 6.45) is 0.674. The first kappa shape index (κ1) is 17.0. The number of carbonyl (C=O) groups excluding carboxylic acids is 3. The number of anilines is 2. The second kappa shape index (κ2) is 6.94. The number of rotatable bonds is 4. The minimum absolute atomic E-state index is 0.156. The van der Waals surface area contributed by atoms with Crippen LogP contribution >= 0.6 is 11.6 Å². The summed E-state index contributed by atoms with van der Waals surface area (Å²) in [6.45, 7) is 1.50. The van der Waals surface area contributed by atoms with Gasteiger partial charge in [0.2, 0.25) is 5.91 Å². The number of carbonyl (C=O) groups is 3. The Kier molecular flexibility index (Phi) is 4.72. The van der Waals surface area contributed by atoms with E-state index >= 15 is 0 Å². The maximum absolute atomic E-state index is 12.4. The molecule has 0 spiro atoms. The Hall–Kier alpha value is -2.86. The SMILES string of the molecule is Cc1ccc(Cl)cc1NC(=O)CN1C(=O)COc2ccc(C=O)cc21. The Morgan fingerprint density at radius 2 is 2.12 bits per heavy atom. The normalized spacial score (nSPS) is 13.0. The van der Waals surface area contributed by atoms with Crippen molar-refractivity contribution < 1.29 is 19.1 Å². The molecule has 0 unspecified atom stereocenters. The van der Waals surface area contributed by atoms with Crippen molar-refractivity contribution in [1.29, 1.82) is 0 Å². The van der Waals surface area contributed by atoms with Crippen LogP contribution in [0.1, 0.15) is 15.9 Å². The second-order valence-corrected chi connectivity index (χ2v) is 6.06. The van der Waals surface area contributed by atoms with Gasteiger partial charge in [0, 0.05) is 16.3 Å². The molecular weight excluding hydrogens is 344 g/mol. The van der Waals surface area contributed by atoms with Crippen LogP contribution < -0.4 is 15.0 Å². The van der Waals surface area contributed by atoms with Crippen molar-refractivity contribution in [3.63, 3.8) is 0 Å². The number of aryl methyl sites for hydroxylation is 1. The standard InChI is InChI=1S/C18H15ClN2O4/c1-11-2-4-13(19)7-14(11)20-17(23)8-21-15-6-12(9-22)3-5-16(15)25-10-18(21)24/h2-7,9H,8,10H2,1H3,(H,20,23). The van der Waals surface area contributed by atoms with Gasteiger partial charge < -0.3 is 10.1 Å². The zero-order valence-corrected chi connectivity index (χ0v) is 14.2. The monoisotopic (exact) mass is 358 g/mol. The van der Waals surface area contributed by atoms with Gasteiger partial charge in [0.05, 0.1) is 5.69 Å². The first-order chi connectivity index (χ1) is 12.0. The zero-order chi connectivity index (χ0) is 18.0. The molecule has 2 aromatic carbocycles. The molecule has 1 aliphatic rings. The van der Waals surface area contributed by atoms with Gasteiger partial charge >= 0.3 is 0 Å². The molecule has 25 heavy (non-hydrogen) atoms. The third-order valence-electron chi connectivity index (χ3n) is 3.84. The number of nitrogens with one attached hydrogen (secondary N) is 1. The van der Waals surface area contributed by atoms with Crippen LogP contribution in [-0.4, -0.2) is 31.3 Å². The van der Waals surface area contributed by atoms with Crippen LogP contribution in [0, 0.1) is 6.92 Å². The molecule has 0 atom stereocenters. The van der Waals surface area contributed by atoms with Crippen molar-refractivity contribution >= 4 is 41.1 Å². The molecule has 7 heteroatoms. The summed E-state index contributed by atoms with van der Waals surface area (Å²) < 4.78 is 5.34. The van der Waals surface area contributed by atoms with Crippen molar-refractivity contribution in [1.82, 2.24) is 0 Å². The Morgan fingerprint density at radius 3 is 2.88 bits per heavy atom. The lowest BCUT2D eigenvalue weighted by atomic mass is 10.1. The Bertz CT molecular complexity index is 866. The molecule has 1 N–H and O–H groups in total. The Labute approximate surface area is 149 Å². The fraction of sp³-hybridized carbons (Fsp3) is 0.167. The number of nitrogens with zero attached hydrogens (tertiary/aromatic N) is 1. The van der Waals surface area contributed by atoms with Crippen molar-refractivity contribution in [2.45, 2.75) is 6.92 Å². The second-order valence-electron chi connectivity index (χ2n) is 5.62. The lowest BCUT2D eigenvalue weighted by molar-refractivity contribution is -0.123. The number of aldehydes is 1. The molecule has 1 aliphatic heterocycles. The van der Waals surface area contributed by atoms with E-state index in [0.717, 1.165) is 5.56 Å².